The summed E-state index contributed by atoms with van der Waals surface area (Å²) in [5, 5.41) is 15.2. The highest BCUT2D eigenvalue weighted by Crippen LogP contribution is 2.46. The molecule has 0 radical (unpaired) electrons. The summed E-state index contributed by atoms with van der Waals surface area (Å²) in [5.41, 5.74) is 7.20. The standard InChI is InChI=1S/C21H19ClN4O/c1-3-16-18(10-13-4-6-14(22)7-5-13)17-9-8-15(27-2)11-19(17)20(16)12-21-23-25-26-24-21/h4-11H,3,12H2,1-2H3,(H,23,24,25,26). The molecule has 1 N–H and O–H groups in total. The van der Waals surface area contributed by atoms with Crippen LogP contribution in [0.2, 0.25) is 5.02 Å². The number of fused-ring (bicyclic) bond motifs is 1. The van der Waals surface area contributed by atoms with Gasteiger partial charge in [0.2, 0.25) is 0 Å². The van der Waals surface area contributed by atoms with Gasteiger partial charge in [0.05, 0.1) is 7.11 Å². The molecule has 2 aromatic carbocycles. The number of rotatable bonds is 5. The Balaban J connectivity index is 1.87. The summed E-state index contributed by atoms with van der Waals surface area (Å²) in [6.07, 6.45) is 3.74. The van der Waals surface area contributed by atoms with E-state index in [1.54, 1.807) is 7.11 Å². The Morgan fingerprint density at radius 3 is 2.56 bits per heavy atom. The maximum absolute atomic E-state index is 6.03. The van der Waals surface area contributed by atoms with Crippen molar-refractivity contribution in [2.75, 3.05) is 7.11 Å². The Kier molecular flexibility index (Phi) is 4.77. The smallest absolute Gasteiger partial charge is 0.178 e. The van der Waals surface area contributed by atoms with E-state index in [0.717, 1.165) is 28.3 Å². The van der Waals surface area contributed by atoms with Crippen molar-refractivity contribution in [2.24, 2.45) is 0 Å². The van der Waals surface area contributed by atoms with E-state index in [0.29, 0.717) is 12.2 Å². The third kappa shape index (κ3) is 3.38. The number of hydrogen-bond acceptors (Lipinski definition) is 4. The molecule has 0 spiro atoms. The fourth-order valence-corrected chi connectivity index (χ4v) is 3.66. The molecule has 27 heavy (non-hydrogen) atoms. The number of ether oxygens (including phenoxy) is 1. The lowest BCUT2D eigenvalue weighted by Crippen LogP contribution is -1.95. The third-order valence-corrected chi connectivity index (χ3v) is 5.04. The summed E-state index contributed by atoms with van der Waals surface area (Å²) in [6.45, 7) is 2.17. The number of halogens is 1. The zero-order valence-electron chi connectivity index (χ0n) is 15.2. The molecule has 0 bridgehead atoms. The van der Waals surface area contributed by atoms with Crippen LogP contribution >= 0.6 is 11.6 Å². The molecule has 6 heteroatoms. The molecule has 1 aromatic heterocycles. The van der Waals surface area contributed by atoms with Crippen molar-refractivity contribution < 1.29 is 4.74 Å². The quantitative estimate of drug-likeness (QED) is 0.691. The number of H-pyrrole nitrogens is 1. The zero-order valence-corrected chi connectivity index (χ0v) is 15.9. The van der Waals surface area contributed by atoms with E-state index >= 15 is 0 Å². The Morgan fingerprint density at radius 2 is 1.89 bits per heavy atom. The summed E-state index contributed by atoms with van der Waals surface area (Å²) in [4.78, 5) is 0. The number of aromatic amines is 1. The van der Waals surface area contributed by atoms with Crippen molar-refractivity contribution in [1.29, 1.82) is 0 Å². The first-order valence-corrected chi connectivity index (χ1v) is 9.18. The van der Waals surface area contributed by atoms with Crippen molar-refractivity contribution in [1.82, 2.24) is 20.6 Å². The molecule has 3 aromatic rings. The Bertz CT molecular complexity index is 1020. The van der Waals surface area contributed by atoms with Crippen LogP contribution in [0, 0.1) is 0 Å². The maximum atomic E-state index is 6.03. The molecule has 5 nitrogen and oxygen atoms in total. The van der Waals surface area contributed by atoms with Gasteiger partial charge in [-0.25, -0.2) is 0 Å². The minimum atomic E-state index is 0.623. The van der Waals surface area contributed by atoms with Gasteiger partial charge in [-0.1, -0.05) is 41.9 Å². The number of hydrogen-bond donors (Lipinski definition) is 1. The number of aromatic nitrogens is 4. The minimum Gasteiger partial charge on any atom is -0.497 e. The van der Waals surface area contributed by atoms with Gasteiger partial charge in [-0.3, -0.25) is 0 Å². The van der Waals surface area contributed by atoms with E-state index in [4.69, 9.17) is 16.3 Å². The van der Waals surface area contributed by atoms with Crippen LogP contribution in [0.1, 0.15) is 35.9 Å². The lowest BCUT2D eigenvalue weighted by Gasteiger charge is -2.07. The van der Waals surface area contributed by atoms with Crippen molar-refractivity contribution in [3.05, 3.63) is 75.6 Å². The molecular weight excluding hydrogens is 360 g/mol. The first-order chi connectivity index (χ1) is 13.2. The highest BCUT2D eigenvalue weighted by molar-refractivity contribution is 6.30. The highest BCUT2D eigenvalue weighted by Gasteiger charge is 2.26. The molecule has 0 amide bonds. The van der Waals surface area contributed by atoms with Gasteiger partial charge in [0.15, 0.2) is 5.82 Å². The first kappa shape index (κ1) is 17.5. The fourth-order valence-electron chi connectivity index (χ4n) is 3.53. The topological polar surface area (TPSA) is 63.7 Å². The van der Waals surface area contributed by atoms with Gasteiger partial charge >= 0.3 is 0 Å². The molecule has 0 fully saturated rings. The first-order valence-electron chi connectivity index (χ1n) is 8.80. The van der Waals surface area contributed by atoms with Crippen LogP contribution < -0.4 is 4.74 Å². The monoisotopic (exact) mass is 378 g/mol. The normalized spacial score (nSPS) is 14.7. The number of tetrazole rings is 1. The van der Waals surface area contributed by atoms with E-state index in [9.17, 15) is 0 Å². The average Bonchev–Trinajstić information content (AvgIpc) is 3.30. The van der Waals surface area contributed by atoms with Crippen molar-refractivity contribution in [3.63, 3.8) is 0 Å². The summed E-state index contributed by atoms with van der Waals surface area (Å²) >= 11 is 6.03. The summed E-state index contributed by atoms with van der Waals surface area (Å²) in [7, 11) is 1.68. The van der Waals surface area contributed by atoms with Gasteiger partial charge in [0.1, 0.15) is 5.75 Å². The summed E-state index contributed by atoms with van der Waals surface area (Å²) < 4.78 is 5.45. The number of nitrogens with one attached hydrogen (secondary N) is 1. The van der Waals surface area contributed by atoms with Gasteiger partial charge in [0, 0.05) is 11.4 Å². The second-order valence-electron chi connectivity index (χ2n) is 6.34. The Morgan fingerprint density at radius 1 is 1.07 bits per heavy atom. The SMILES string of the molecule is CCC1=C(Cc2nn[nH]n2)c2cc(OC)ccc2C1=Cc1ccc(Cl)cc1. The number of nitrogens with zero attached hydrogens (tertiary/aromatic N) is 3. The predicted molar refractivity (Wildman–Crippen MR) is 107 cm³/mol. The van der Waals surface area contributed by atoms with E-state index in [1.807, 2.05) is 30.3 Å². The molecule has 4 rings (SSSR count). The van der Waals surface area contributed by atoms with E-state index in [-0.39, 0.29) is 0 Å². The molecule has 136 valence electrons. The molecule has 0 aliphatic heterocycles. The lowest BCUT2D eigenvalue weighted by atomic mass is 9.98. The molecule has 1 aliphatic carbocycles. The molecular formula is C21H19ClN4O. The van der Waals surface area contributed by atoms with Gasteiger partial charge in [-0.2, -0.15) is 5.21 Å². The van der Waals surface area contributed by atoms with Crippen LogP contribution in [-0.4, -0.2) is 27.7 Å². The van der Waals surface area contributed by atoms with Crippen LogP contribution in [0.3, 0.4) is 0 Å². The zero-order chi connectivity index (χ0) is 18.8. The van der Waals surface area contributed by atoms with Gasteiger partial charge in [-0.15, -0.1) is 10.2 Å². The predicted octanol–water partition coefficient (Wildman–Crippen LogP) is 4.82. The molecule has 0 unspecified atom stereocenters. The summed E-state index contributed by atoms with van der Waals surface area (Å²) in [5.74, 6) is 1.51. The maximum Gasteiger partial charge on any atom is 0.178 e. The minimum absolute atomic E-state index is 0.623. The fraction of sp³-hybridized carbons (Fsp3) is 0.190. The van der Waals surface area contributed by atoms with Crippen LogP contribution in [0.5, 0.6) is 5.75 Å². The van der Waals surface area contributed by atoms with Gasteiger partial charge < -0.3 is 4.74 Å². The van der Waals surface area contributed by atoms with E-state index in [2.05, 4.69) is 45.8 Å². The van der Waals surface area contributed by atoms with Crippen molar-refractivity contribution in [2.45, 2.75) is 19.8 Å². The molecule has 0 saturated heterocycles. The molecule has 0 saturated carbocycles. The third-order valence-electron chi connectivity index (χ3n) is 4.79. The second kappa shape index (κ2) is 7.37. The Labute approximate surface area is 162 Å². The Hall–Kier alpha value is -2.92. The van der Waals surface area contributed by atoms with Crippen molar-refractivity contribution in [3.8, 4) is 5.75 Å². The molecule has 1 aliphatic rings. The number of allylic oxidation sites excluding steroid dienone is 3. The number of methoxy groups -OCH3 is 1. The average molecular weight is 379 g/mol. The molecule has 1 heterocycles. The van der Waals surface area contributed by atoms with Crippen LogP contribution in [-0.2, 0) is 6.42 Å². The highest BCUT2D eigenvalue weighted by atomic mass is 35.5. The van der Waals surface area contributed by atoms with Crippen LogP contribution in [0.4, 0.5) is 0 Å². The van der Waals surface area contributed by atoms with Crippen LogP contribution in [0.15, 0.2) is 48.0 Å². The largest absolute Gasteiger partial charge is 0.497 e. The summed E-state index contributed by atoms with van der Waals surface area (Å²) in [6, 6.07) is 14.1. The van der Waals surface area contributed by atoms with E-state index < -0.39 is 0 Å². The lowest BCUT2D eigenvalue weighted by molar-refractivity contribution is 0.414. The van der Waals surface area contributed by atoms with Gasteiger partial charge in [0.25, 0.3) is 0 Å². The van der Waals surface area contributed by atoms with Gasteiger partial charge in [-0.05, 0) is 70.2 Å². The van der Waals surface area contributed by atoms with Crippen LogP contribution in [0.25, 0.3) is 17.2 Å². The number of benzene rings is 2. The van der Waals surface area contributed by atoms with Crippen molar-refractivity contribution >= 4 is 28.8 Å². The second-order valence-corrected chi connectivity index (χ2v) is 6.77. The van der Waals surface area contributed by atoms with E-state index in [1.165, 1.54) is 22.3 Å². The molecule has 0 atom stereocenters.